The second kappa shape index (κ2) is 6.78. The largest absolute Gasteiger partial charge is 0.313 e. The lowest BCUT2D eigenvalue weighted by molar-refractivity contribution is 0.294. The molecule has 2 atom stereocenters. The van der Waals surface area contributed by atoms with Crippen molar-refractivity contribution in [3.8, 4) is 0 Å². The van der Waals surface area contributed by atoms with Gasteiger partial charge in [0, 0.05) is 12.6 Å². The molecule has 1 aliphatic rings. The molecular weight excluding hydrogens is 206 g/mol. The van der Waals surface area contributed by atoms with Gasteiger partial charge in [0.2, 0.25) is 0 Å². The summed E-state index contributed by atoms with van der Waals surface area (Å²) in [6.45, 7) is 13.0. The molecule has 0 radical (unpaired) electrons. The van der Waals surface area contributed by atoms with Crippen LogP contribution in [0.5, 0.6) is 0 Å². The van der Waals surface area contributed by atoms with Gasteiger partial charge in [0.25, 0.3) is 0 Å². The molecule has 1 N–H and O–H groups in total. The summed E-state index contributed by atoms with van der Waals surface area (Å²) in [6.07, 6.45) is 8.36. The van der Waals surface area contributed by atoms with E-state index >= 15 is 0 Å². The fraction of sp³-hybridized carbons (Fsp3) is 1.00. The number of nitrogens with one attached hydrogen (secondary N) is 1. The summed E-state index contributed by atoms with van der Waals surface area (Å²) in [7, 11) is 0. The van der Waals surface area contributed by atoms with Crippen LogP contribution in [-0.4, -0.2) is 12.6 Å². The minimum absolute atomic E-state index is 0.462. The molecule has 0 aliphatic heterocycles. The first kappa shape index (κ1) is 15.0. The fourth-order valence-corrected chi connectivity index (χ4v) is 2.75. The van der Waals surface area contributed by atoms with Crippen molar-refractivity contribution < 1.29 is 0 Å². The van der Waals surface area contributed by atoms with Crippen molar-refractivity contribution in [2.45, 2.75) is 79.2 Å². The second-order valence-electron chi connectivity index (χ2n) is 7.11. The summed E-state index contributed by atoms with van der Waals surface area (Å²) >= 11 is 0. The molecule has 0 saturated heterocycles. The summed E-state index contributed by atoms with van der Waals surface area (Å²) in [5.74, 6) is 1.85. The SMILES string of the molecule is CCC(C)(C)CNC1CCCC(C(C)C)CC1. The quantitative estimate of drug-likeness (QED) is 0.690. The Morgan fingerprint density at radius 3 is 2.41 bits per heavy atom. The molecule has 0 amide bonds. The van der Waals surface area contributed by atoms with Gasteiger partial charge < -0.3 is 5.32 Å². The molecule has 0 aromatic rings. The zero-order valence-corrected chi connectivity index (χ0v) is 12.7. The van der Waals surface area contributed by atoms with Gasteiger partial charge in [-0.3, -0.25) is 0 Å². The minimum Gasteiger partial charge on any atom is -0.313 e. The van der Waals surface area contributed by atoms with Crippen LogP contribution in [0.15, 0.2) is 0 Å². The van der Waals surface area contributed by atoms with Crippen LogP contribution in [0.1, 0.15) is 73.1 Å². The van der Waals surface area contributed by atoms with E-state index in [0.29, 0.717) is 5.41 Å². The monoisotopic (exact) mass is 239 g/mol. The summed E-state index contributed by atoms with van der Waals surface area (Å²) in [5, 5.41) is 3.81. The average Bonchev–Trinajstić information content (AvgIpc) is 2.52. The van der Waals surface area contributed by atoms with E-state index in [4.69, 9.17) is 0 Å². The zero-order chi connectivity index (χ0) is 12.9. The molecule has 0 aromatic heterocycles. The Morgan fingerprint density at radius 1 is 1.12 bits per heavy atom. The van der Waals surface area contributed by atoms with Crippen LogP contribution in [0.25, 0.3) is 0 Å². The van der Waals surface area contributed by atoms with Crippen molar-refractivity contribution in [3.05, 3.63) is 0 Å². The highest BCUT2D eigenvalue weighted by Gasteiger charge is 2.22. The van der Waals surface area contributed by atoms with Gasteiger partial charge >= 0.3 is 0 Å². The lowest BCUT2D eigenvalue weighted by Crippen LogP contribution is -2.36. The third kappa shape index (κ3) is 5.42. The van der Waals surface area contributed by atoms with Crippen LogP contribution >= 0.6 is 0 Å². The van der Waals surface area contributed by atoms with Gasteiger partial charge in [0.05, 0.1) is 0 Å². The molecule has 0 heterocycles. The summed E-state index contributed by atoms with van der Waals surface area (Å²) < 4.78 is 0. The van der Waals surface area contributed by atoms with Crippen molar-refractivity contribution in [1.82, 2.24) is 5.32 Å². The van der Waals surface area contributed by atoms with Crippen LogP contribution in [0.2, 0.25) is 0 Å². The predicted molar refractivity (Wildman–Crippen MR) is 77.3 cm³/mol. The zero-order valence-electron chi connectivity index (χ0n) is 12.7. The Balaban J connectivity index is 2.32. The standard InChI is InChI=1S/C16H33N/c1-6-16(4,5)12-17-15-9-7-8-14(10-11-15)13(2)3/h13-15,17H,6-12H2,1-5H3. The Hall–Kier alpha value is -0.0400. The van der Waals surface area contributed by atoms with Gasteiger partial charge in [-0.05, 0) is 42.9 Å². The van der Waals surface area contributed by atoms with E-state index in [-0.39, 0.29) is 0 Å². The van der Waals surface area contributed by atoms with Crippen LogP contribution in [-0.2, 0) is 0 Å². The third-order valence-electron chi connectivity index (χ3n) is 4.78. The number of hydrogen-bond donors (Lipinski definition) is 1. The molecule has 1 saturated carbocycles. The first-order valence-electron chi connectivity index (χ1n) is 7.68. The Kier molecular flexibility index (Phi) is 5.99. The number of hydrogen-bond acceptors (Lipinski definition) is 1. The normalized spacial score (nSPS) is 27.2. The maximum Gasteiger partial charge on any atom is 0.00673 e. The highest BCUT2D eigenvalue weighted by atomic mass is 14.9. The molecule has 2 unspecified atom stereocenters. The van der Waals surface area contributed by atoms with Gasteiger partial charge in [-0.25, -0.2) is 0 Å². The predicted octanol–water partition coefficient (Wildman–Crippen LogP) is 4.62. The van der Waals surface area contributed by atoms with Gasteiger partial charge in [-0.15, -0.1) is 0 Å². The highest BCUT2D eigenvalue weighted by molar-refractivity contribution is 4.79. The lowest BCUT2D eigenvalue weighted by atomic mass is 9.88. The van der Waals surface area contributed by atoms with E-state index in [9.17, 15) is 0 Å². The molecule has 1 aliphatic carbocycles. The first-order chi connectivity index (χ1) is 7.94. The maximum atomic E-state index is 3.81. The van der Waals surface area contributed by atoms with Gasteiger partial charge in [0.15, 0.2) is 0 Å². The summed E-state index contributed by atoms with van der Waals surface area (Å²) in [5.41, 5.74) is 0.462. The highest BCUT2D eigenvalue weighted by Crippen LogP contribution is 2.29. The van der Waals surface area contributed by atoms with Crippen molar-refractivity contribution in [3.63, 3.8) is 0 Å². The molecule has 0 bridgehead atoms. The van der Waals surface area contributed by atoms with Crippen molar-refractivity contribution in [2.75, 3.05) is 6.54 Å². The van der Waals surface area contributed by atoms with Crippen LogP contribution < -0.4 is 5.32 Å². The third-order valence-corrected chi connectivity index (χ3v) is 4.78. The average molecular weight is 239 g/mol. The second-order valence-corrected chi connectivity index (χ2v) is 7.11. The van der Waals surface area contributed by atoms with Crippen molar-refractivity contribution >= 4 is 0 Å². The molecule has 1 fully saturated rings. The Bertz CT molecular complexity index is 208. The van der Waals surface area contributed by atoms with Crippen LogP contribution in [0.3, 0.4) is 0 Å². The maximum absolute atomic E-state index is 3.81. The topological polar surface area (TPSA) is 12.0 Å². The van der Waals surface area contributed by atoms with E-state index in [2.05, 4.69) is 39.9 Å². The van der Waals surface area contributed by atoms with Gasteiger partial charge in [0.1, 0.15) is 0 Å². The molecule has 1 heteroatoms. The smallest absolute Gasteiger partial charge is 0.00673 e. The summed E-state index contributed by atoms with van der Waals surface area (Å²) in [6, 6.07) is 0.782. The van der Waals surface area contributed by atoms with Crippen molar-refractivity contribution in [2.24, 2.45) is 17.3 Å². The molecule has 17 heavy (non-hydrogen) atoms. The van der Waals surface area contributed by atoms with Crippen molar-refractivity contribution in [1.29, 1.82) is 0 Å². The van der Waals surface area contributed by atoms with E-state index in [1.165, 1.54) is 45.1 Å². The summed E-state index contributed by atoms with van der Waals surface area (Å²) in [4.78, 5) is 0. The van der Waals surface area contributed by atoms with E-state index < -0.39 is 0 Å². The number of rotatable bonds is 5. The molecule has 0 spiro atoms. The lowest BCUT2D eigenvalue weighted by Gasteiger charge is -2.27. The Morgan fingerprint density at radius 2 is 1.82 bits per heavy atom. The fourth-order valence-electron chi connectivity index (χ4n) is 2.75. The molecule has 102 valence electrons. The van der Waals surface area contributed by atoms with E-state index in [0.717, 1.165) is 17.9 Å². The van der Waals surface area contributed by atoms with Crippen LogP contribution in [0, 0.1) is 17.3 Å². The first-order valence-corrected chi connectivity index (χ1v) is 7.68. The van der Waals surface area contributed by atoms with E-state index in [1.54, 1.807) is 0 Å². The molecule has 0 aromatic carbocycles. The molecule has 1 rings (SSSR count). The van der Waals surface area contributed by atoms with Gasteiger partial charge in [-0.1, -0.05) is 47.5 Å². The van der Waals surface area contributed by atoms with E-state index in [1.807, 2.05) is 0 Å². The molecule has 1 nitrogen and oxygen atoms in total. The van der Waals surface area contributed by atoms with Crippen LogP contribution in [0.4, 0.5) is 0 Å². The molecular formula is C16H33N. The minimum atomic E-state index is 0.462. The Labute approximate surface area is 109 Å². The van der Waals surface area contributed by atoms with Gasteiger partial charge in [-0.2, -0.15) is 0 Å².